The fraction of sp³-hybridized carbons (Fsp3) is 0.500. The molecule has 142 valence electrons. The first-order chi connectivity index (χ1) is 12.3. The summed E-state index contributed by atoms with van der Waals surface area (Å²) >= 11 is 0. The molecule has 2 amide bonds. The van der Waals surface area contributed by atoms with Crippen molar-refractivity contribution in [3.63, 3.8) is 0 Å². The SMILES string of the molecule is O=C(NC1CN(C(=O)O)C1)C1CC(Oc2cc(F)ccc2OC(F)F)C1. The molecule has 2 fully saturated rings. The van der Waals surface area contributed by atoms with Crippen LogP contribution in [0.2, 0.25) is 0 Å². The van der Waals surface area contributed by atoms with Crippen molar-refractivity contribution >= 4 is 12.0 Å². The minimum absolute atomic E-state index is 0.134. The van der Waals surface area contributed by atoms with Crippen molar-refractivity contribution in [2.75, 3.05) is 13.1 Å². The van der Waals surface area contributed by atoms with Crippen LogP contribution in [-0.2, 0) is 4.79 Å². The molecule has 2 N–H and O–H groups in total. The number of nitrogens with one attached hydrogen (secondary N) is 1. The van der Waals surface area contributed by atoms with Gasteiger partial charge in [-0.25, -0.2) is 9.18 Å². The van der Waals surface area contributed by atoms with Gasteiger partial charge >= 0.3 is 12.7 Å². The average Bonchev–Trinajstić information content (AvgIpc) is 2.47. The summed E-state index contributed by atoms with van der Waals surface area (Å²) < 4.78 is 47.8. The van der Waals surface area contributed by atoms with Crippen LogP contribution in [0.4, 0.5) is 18.0 Å². The van der Waals surface area contributed by atoms with E-state index in [1.807, 2.05) is 0 Å². The summed E-state index contributed by atoms with van der Waals surface area (Å²) in [6.45, 7) is -2.55. The van der Waals surface area contributed by atoms with Crippen molar-refractivity contribution < 1.29 is 37.3 Å². The van der Waals surface area contributed by atoms with Crippen LogP contribution in [0.5, 0.6) is 11.5 Å². The average molecular weight is 374 g/mol. The molecule has 1 heterocycles. The highest BCUT2D eigenvalue weighted by molar-refractivity contribution is 5.80. The van der Waals surface area contributed by atoms with Gasteiger partial charge in [0.15, 0.2) is 11.5 Å². The number of hydrogen-bond acceptors (Lipinski definition) is 4. The number of benzene rings is 1. The maximum Gasteiger partial charge on any atom is 0.407 e. The number of amides is 2. The molecule has 0 atom stereocenters. The van der Waals surface area contributed by atoms with E-state index in [0.717, 1.165) is 18.2 Å². The van der Waals surface area contributed by atoms with E-state index in [1.54, 1.807) is 0 Å². The van der Waals surface area contributed by atoms with Crippen LogP contribution >= 0.6 is 0 Å². The smallest absolute Gasteiger partial charge is 0.407 e. The predicted molar refractivity (Wildman–Crippen MR) is 81.7 cm³/mol. The van der Waals surface area contributed by atoms with E-state index in [-0.39, 0.29) is 42.5 Å². The van der Waals surface area contributed by atoms with Crippen LogP contribution in [0.3, 0.4) is 0 Å². The molecule has 0 radical (unpaired) electrons. The van der Waals surface area contributed by atoms with Crippen LogP contribution in [0.25, 0.3) is 0 Å². The lowest BCUT2D eigenvalue weighted by Crippen LogP contribution is -2.62. The second kappa shape index (κ2) is 7.30. The van der Waals surface area contributed by atoms with E-state index >= 15 is 0 Å². The van der Waals surface area contributed by atoms with Crippen LogP contribution in [0.1, 0.15) is 12.8 Å². The summed E-state index contributed by atoms with van der Waals surface area (Å²) in [4.78, 5) is 23.9. The van der Waals surface area contributed by atoms with Crippen molar-refractivity contribution in [2.24, 2.45) is 5.92 Å². The predicted octanol–water partition coefficient (Wildman–Crippen LogP) is 2.06. The Labute approximate surface area is 146 Å². The third kappa shape index (κ3) is 4.12. The van der Waals surface area contributed by atoms with E-state index < -0.39 is 24.6 Å². The molecule has 1 aliphatic heterocycles. The summed E-state index contributed by atoms with van der Waals surface area (Å²) in [7, 11) is 0. The highest BCUT2D eigenvalue weighted by atomic mass is 19.3. The summed E-state index contributed by atoms with van der Waals surface area (Å²) in [5.41, 5.74) is 0. The molecule has 1 saturated carbocycles. The molecule has 0 unspecified atom stereocenters. The third-order valence-corrected chi connectivity index (χ3v) is 4.38. The molecule has 1 aromatic rings. The number of alkyl halides is 2. The molecule has 0 aromatic heterocycles. The first-order valence-corrected chi connectivity index (χ1v) is 8.01. The number of ether oxygens (including phenoxy) is 2. The van der Waals surface area contributed by atoms with Crippen molar-refractivity contribution in [3.8, 4) is 11.5 Å². The second-order valence-corrected chi connectivity index (χ2v) is 6.27. The van der Waals surface area contributed by atoms with Crippen molar-refractivity contribution in [1.82, 2.24) is 10.2 Å². The molecular weight excluding hydrogens is 357 g/mol. The Morgan fingerprint density at radius 3 is 2.54 bits per heavy atom. The number of carbonyl (C=O) groups is 2. The number of likely N-dealkylation sites (tertiary alicyclic amines) is 1. The van der Waals surface area contributed by atoms with Gasteiger partial charge in [0.2, 0.25) is 5.91 Å². The fourth-order valence-electron chi connectivity index (χ4n) is 2.87. The van der Waals surface area contributed by atoms with Gasteiger partial charge < -0.3 is 24.8 Å². The van der Waals surface area contributed by atoms with E-state index in [2.05, 4.69) is 10.1 Å². The van der Waals surface area contributed by atoms with Crippen molar-refractivity contribution in [2.45, 2.75) is 31.6 Å². The van der Waals surface area contributed by atoms with Crippen molar-refractivity contribution in [3.05, 3.63) is 24.0 Å². The van der Waals surface area contributed by atoms with Gasteiger partial charge in [-0.15, -0.1) is 0 Å². The molecule has 2 aliphatic rings. The fourth-order valence-corrected chi connectivity index (χ4v) is 2.87. The molecule has 10 heteroatoms. The Morgan fingerprint density at radius 2 is 1.92 bits per heavy atom. The summed E-state index contributed by atoms with van der Waals surface area (Å²) in [6.07, 6.45) is -0.730. The van der Waals surface area contributed by atoms with Gasteiger partial charge in [0.1, 0.15) is 11.9 Å². The lowest BCUT2D eigenvalue weighted by atomic mass is 9.81. The molecule has 7 nitrogen and oxygen atoms in total. The molecule has 0 spiro atoms. The van der Waals surface area contributed by atoms with E-state index in [4.69, 9.17) is 9.84 Å². The highest BCUT2D eigenvalue weighted by Crippen LogP contribution is 2.36. The molecule has 3 rings (SSSR count). The van der Waals surface area contributed by atoms with Gasteiger partial charge in [0.25, 0.3) is 0 Å². The minimum atomic E-state index is -3.06. The Morgan fingerprint density at radius 1 is 1.23 bits per heavy atom. The van der Waals surface area contributed by atoms with Gasteiger partial charge in [0, 0.05) is 25.1 Å². The normalized spacial score (nSPS) is 22.4. The summed E-state index contributed by atoms with van der Waals surface area (Å²) in [5, 5.41) is 11.5. The van der Waals surface area contributed by atoms with E-state index in [9.17, 15) is 22.8 Å². The standard InChI is InChI=1S/C16H17F3N2O5/c17-9-1-2-12(26-15(18)19)13(5-9)25-11-3-8(4-11)14(22)20-10-6-21(7-10)16(23)24/h1-2,5,8,10-11,15H,3-4,6-7H2,(H,20,22)(H,23,24). The molecule has 1 saturated heterocycles. The van der Waals surface area contributed by atoms with Gasteiger partial charge in [-0.05, 0) is 25.0 Å². The zero-order valence-corrected chi connectivity index (χ0v) is 13.5. The molecule has 26 heavy (non-hydrogen) atoms. The molecular formula is C16H17F3N2O5. The first-order valence-electron chi connectivity index (χ1n) is 8.01. The number of hydrogen-bond donors (Lipinski definition) is 2. The number of rotatable bonds is 6. The highest BCUT2D eigenvalue weighted by Gasteiger charge is 2.39. The zero-order chi connectivity index (χ0) is 18.8. The Balaban J connectivity index is 1.46. The Kier molecular flexibility index (Phi) is 5.10. The van der Waals surface area contributed by atoms with Gasteiger partial charge in [-0.2, -0.15) is 8.78 Å². The van der Waals surface area contributed by atoms with E-state index in [0.29, 0.717) is 12.8 Å². The summed E-state index contributed by atoms with van der Waals surface area (Å²) in [5.74, 6) is -1.57. The van der Waals surface area contributed by atoms with Crippen molar-refractivity contribution in [1.29, 1.82) is 0 Å². The largest absolute Gasteiger partial charge is 0.486 e. The Hall–Kier alpha value is -2.65. The maximum atomic E-state index is 13.3. The second-order valence-electron chi connectivity index (χ2n) is 6.27. The topological polar surface area (TPSA) is 88.1 Å². The monoisotopic (exact) mass is 374 g/mol. The minimum Gasteiger partial charge on any atom is -0.486 e. The third-order valence-electron chi connectivity index (χ3n) is 4.38. The lowest BCUT2D eigenvalue weighted by molar-refractivity contribution is -0.132. The molecule has 1 aliphatic carbocycles. The van der Waals surface area contributed by atoms with Gasteiger partial charge in [0.05, 0.1) is 6.04 Å². The van der Waals surface area contributed by atoms with Crippen LogP contribution < -0.4 is 14.8 Å². The first kappa shape index (κ1) is 18.2. The Bertz CT molecular complexity index is 690. The van der Waals surface area contributed by atoms with Crippen LogP contribution in [-0.4, -0.2) is 53.9 Å². The van der Waals surface area contributed by atoms with Crippen LogP contribution in [0.15, 0.2) is 18.2 Å². The van der Waals surface area contributed by atoms with Crippen LogP contribution in [0, 0.1) is 11.7 Å². The zero-order valence-electron chi connectivity index (χ0n) is 13.5. The number of nitrogens with zero attached hydrogens (tertiary/aromatic N) is 1. The van der Waals surface area contributed by atoms with Gasteiger partial charge in [-0.1, -0.05) is 0 Å². The molecule has 0 bridgehead atoms. The van der Waals surface area contributed by atoms with E-state index in [1.165, 1.54) is 4.90 Å². The quantitative estimate of drug-likeness (QED) is 0.796. The van der Waals surface area contributed by atoms with Gasteiger partial charge in [-0.3, -0.25) is 4.79 Å². The summed E-state index contributed by atoms with van der Waals surface area (Å²) in [6, 6.07) is 2.80. The molecule has 1 aromatic carbocycles. The number of carbonyl (C=O) groups excluding carboxylic acids is 1. The lowest BCUT2D eigenvalue weighted by Gasteiger charge is -2.40. The number of carboxylic acid groups (broad SMARTS) is 1. The maximum absolute atomic E-state index is 13.3. The number of halogens is 3.